The van der Waals surface area contributed by atoms with Crippen molar-refractivity contribution in [2.24, 2.45) is 0 Å². The Kier molecular flexibility index (Phi) is 4.67. The van der Waals surface area contributed by atoms with Crippen molar-refractivity contribution in [3.8, 4) is 5.75 Å². The first-order chi connectivity index (χ1) is 8.99. The summed E-state index contributed by atoms with van der Waals surface area (Å²) in [5, 5.41) is 9.88. The maximum Gasteiger partial charge on any atom is 0.257 e. The zero-order valence-electron chi connectivity index (χ0n) is 11.3. The molecule has 19 heavy (non-hydrogen) atoms. The van der Waals surface area contributed by atoms with Crippen LogP contribution < -0.4 is 0 Å². The van der Waals surface area contributed by atoms with Gasteiger partial charge in [0.15, 0.2) is 0 Å². The number of carbonyl (C=O) groups is 1. The van der Waals surface area contributed by atoms with E-state index >= 15 is 0 Å². The van der Waals surface area contributed by atoms with Gasteiger partial charge in [-0.2, -0.15) is 0 Å². The number of benzene rings is 1. The van der Waals surface area contributed by atoms with Gasteiger partial charge >= 0.3 is 0 Å². The number of aromatic hydroxyl groups is 1. The Hall–Kier alpha value is -0.820. The van der Waals surface area contributed by atoms with Gasteiger partial charge < -0.3 is 14.9 Å². The highest BCUT2D eigenvalue weighted by Crippen LogP contribution is 2.23. The summed E-state index contributed by atoms with van der Waals surface area (Å²) in [6, 6.07) is 5.30. The summed E-state index contributed by atoms with van der Waals surface area (Å²) in [5.74, 6) is -0.00552. The molecule has 5 heteroatoms. The van der Waals surface area contributed by atoms with E-state index in [4.69, 9.17) is 0 Å². The van der Waals surface area contributed by atoms with Crippen LogP contribution >= 0.6 is 22.6 Å². The Bertz CT molecular complexity index is 479. The molecule has 1 amide bonds. The summed E-state index contributed by atoms with van der Waals surface area (Å²) >= 11 is 2.15. The second kappa shape index (κ2) is 6.09. The number of carbonyl (C=O) groups excluding carboxylic acids is 1. The van der Waals surface area contributed by atoms with E-state index in [1.54, 1.807) is 18.2 Å². The number of halogens is 1. The summed E-state index contributed by atoms with van der Waals surface area (Å²) < 4.78 is 0.957. The molecule has 1 heterocycles. The van der Waals surface area contributed by atoms with E-state index in [0.29, 0.717) is 5.56 Å². The van der Waals surface area contributed by atoms with Gasteiger partial charge in [-0.05, 0) is 67.7 Å². The van der Waals surface area contributed by atoms with Crippen LogP contribution in [0, 0.1) is 3.57 Å². The highest BCUT2D eigenvalue weighted by molar-refractivity contribution is 14.1. The summed E-state index contributed by atoms with van der Waals surface area (Å²) in [6.45, 7) is 4.68. The van der Waals surface area contributed by atoms with Crippen molar-refractivity contribution in [2.45, 2.75) is 19.4 Å². The third kappa shape index (κ3) is 3.39. The van der Waals surface area contributed by atoms with Gasteiger partial charge in [-0.15, -0.1) is 0 Å². The molecule has 1 unspecified atom stereocenters. The van der Waals surface area contributed by atoms with Gasteiger partial charge in [0, 0.05) is 22.7 Å². The lowest BCUT2D eigenvalue weighted by molar-refractivity contribution is 0.0693. The fourth-order valence-corrected chi connectivity index (χ4v) is 3.00. The summed E-state index contributed by atoms with van der Waals surface area (Å²) in [4.78, 5) is 16.7. The summed E-state index contributed by atoms with van der Waals surface area (Å²) in [6.07, 6.45) is 0.970. The molecular weight excluding hydrogens is 355 g/mol. The van der Waals surface area contributed by atoms with E-state index < -0.39 is 0 Å². The number of amides is 1. The lowest BCUT2D eigenvalue weighted by Crippen LogP contribution is -2.42. The van der Waals surface area contributed by atoms with E-state index in [2.05, 4.69) is 41.5 Å². The smallest absolute Gasteiger partial charge is 0.257 e. The van der Waals surface area contributed by atoms with Crippen molar-refractivity contribution >= 4 is 28.5 Å². The fourth-order valence-electron chi connectivity index (χ4n) is 2.51. The first-order valence-electron chi connectivity index (χ1n) is 6.47. The molecule has 0 spiro atoms. The largest absolute Gasteiger partial charge is 0.507 e. The Morgan fingerprint density at radius 3 is 2.89 bits per heavy atom. The van der Waals surface area contributed by atoms with Crippen LogP contribution in [-0.4, -0.2) is 53.5 Å². The molecule has 1 saturated heterocycles. The first-order valence-corrected chi connectivity index (χ1v) is 7.55. The van der Waals surface area contributed by atoms with E-state index in [1.807, 2.05) is 4.90 Å². The molecule has 1 aliphatic heterocycles. The molecular formula is C14H19IN2O2. The average molecular weight is 374 g/mol. The monoisotopic (exact) mass is 374 g/mol. The van der Waals surface area contributed by atoms with Crippen LogP contribution in [0.25, 0.3) is 0 Å². The minimum atomic E-state index is -0.0705. The van der Waals surface area contributed by atoms with Crippen LogP contribution in [0.4, 0.5) is 0 Å². The highest BCUT2D eigenvalue weighted by atomic mass is 127. The molecule has 1 atom stereocenters. The minimum Gasteiger partial charge on any atom is -0.507 e. The number of likely N-dealkylation sites (N-methyl/N-ethyl adjacent to an activating group) is 1. The van der Waals surface area contributed by atoms with Gasteiger partial charge in [-0.1, -0.05) is 0 Å². The van der Waals surface area contributed by atoms with Crippen LogP contribution in [0.2, 0.25) is 0 Å². The Morgan fingerprint density at radius 2 is 2.16 bits per heavy atom. The normalized spacial score (nSPS) is 21.2. The van der Waals surface area contributed by atoms with Gasteiger partial charge in [0.05, 0.1) is 5.56 Å². The lowest BCUT2D eigenvalue weighted by Gasteiger charge is -2.28. The quantitative estimate of drug-likeness (QED) is 0.767. The second-order valence-electron chi connectivity index (χ2n) is 5.12. The molecule has 1 aromatic carbocycles. The molecule has 4 nitrogen and oxygen atoms in total. The van der Waals surface area contributed by atoms with Gasteiger partial charge in [-0.3, -0.25) is 4.79 Å². The van der Waals surface area contributed by atoms with E-state index in [1.165, 1.54) is 0 Å². The van der Waals surface area contributed by atoms with Gasteiger partial charge in [0.2, 0.25) is 0 Å². The third-order valence-electron chi connectivity index (χ3n) is 3.50. The van der Waals surface area contributed by atoms with Crippen molar-refractivity contribution in [3.05, 3.63) is 27.3 Å². The Labute approximate surface area is 127 Å². The van der Waals surface area contributed by atoms with Gasteiger partial charge in [0.25, 0.3) is 5.91 Å². The zero-order valence-corrected chi connectivity index (χ0v) is 13.4. The van der Waals surface area contributed by atoms with Crippen LogP contribution in [0.1, 0.15) is 23.7 Å². The van der Waals surface area contributed by atoms with Crippen LogP contribution in [-0.2, 0) is 0 Å². The molecule has 2 rings (SSSR count). The lowest BCUT2D eigenvalue weighted by atomic mass is 10.1. The fraction of sp³-hybridized carbons (Fsp3) is 0.500. The van der Waals surface area contributed by atoms with E-state index in [0.717, 1.165) is 29.6 Å². The number of nitrogens with zero attached hydrogens (tertiary/aromatic N) is 2. The molecule has 1 fully saturated rings. The van der Waals surface area contributed by atoms with Crippen molar-refractivity contribution in [3.63, 3.8) is 0 Å². The Morgan fingerprint density at radius 1 is 1.42 bits per heavy atom. The van der Waals surface area contributed by atoms with E-state index in [9.17, 15) is 9.90 Å². The number of hydrogen-bond donors (Lipinski definition) is 1. The third-order valence-corrected chi connectivity index (χ3v) is 4.17. The van der Waals surface area contributed by atoms with Gasteiger partial charge in [-0.25, -0.2) is 0 Å². The van der Waals surface area contributed by atoms with Crippen molar-refractivity contribution in [1.82, 2.24) is 9.80 Å². The maximum atomic E-state index is 12.6. The predicted molar refractivity (Wildman–Crippen MR) is 83.4 cm³/mol. The number of rotatable bonds is 1. The van der Waals surface area contributed by atoms with Crippen LogP contribution in [0.3, 0.4) is 0 Å². The maximum absolute atomic E-state index is 12.6. The topological polar surface area (TPSA) is 43.8 Å². The average Bonchev–Trinajstić information content (AvgIpc) is 2.52. The first kappa shape index (κ1) is 14.6. The molecule has 1 N–H and O–H groups in total. The SMILES string of the molecule is CC1CN(C)CCCN1C(=O)c1cc(I)ccc1O. The molecule has 1 aromatic rings. The molecule has 1 aliphatic rings. The molecule has 0 aliphatic carbocycles. The standard InChI is InChI=1S/C14H19IN2O2/c1-10-9-16(2)6-3-7-17(10)14(19)12-8-11(15)4-5-13(12)18/h4-5,8,10,18H,3,6-7,9H2,1-2H3. The number of hydrogen-bond acceptors (Lipinski definition) is 3. The molecule has 104 valence electrons. The molecule has 0 aromatic heterocycles. The van der Waals surface area contributed by atoms with Gasteiger partial charge in [0.1, 0.15) is 5.75 Å². The predicted octanol–water partition coefficient (Wildman–Crippen LogP) is 2.16. The highest BCUT2D eigenvalue weighted by Gasteiger charge is 2.26. The van der Waals surface area contributed by atoms with Crippen LogP contribution in [0.5, 0.6) is 5.75 Å². The van der Waals surface area contributed by atoms with Crippen molar-refractivity contribution in [1.29, 1.82) is 0 Å². The number of phenols is 1. The minimum absolute atomic E-state index is 0.0650. The molecule has 0 saturated carbocycles. The molecule has 0 radical (unpaired) electrons. The van der Waals surface area contributed by atoms with Crippen molar-refractivity contribution < 1.29 is 9.90 Å². The number of phenolic OH excluding ortho intramolecular Hbond substituents is 1. The van der Waals surface area contributed by atoms with Crippen LogP contribution in [0.15, 0.2) is 18.2 Å². The summed E-state index contributed by atoms with van der Waals surface area (Å²) in [7, 11) is 2.08. The molecule has 0 bridgehead atoms. The van der Waals surface area contributed by atoms with E-state index in [-0.39, 0.29) is 17.7 Å². The summed E-state index contributed by atoms with van der Waals surface area (Å²) in [5.41, 5.74) is 0.406. The Balaban J connectivity index is 2.25. The zero-order chi connectivity index (χ0) is 14.0. The second-order valence-corrected chi connectivity index (χ2v) is 6.37. The van der Waals surface area contributed by atoms with Crippen molar-refractivity contribution in [2.75, 3.05) is 26.7 Å².